The summed E-state index contributed by atoms with van der Waals surface area (Å²) >= 11 is 0. The zero-order valence-corrected chi connectivity index (χ0v) is 10.1. The van der Waals surface area contributed by atoms with E-state index < -0.39 is 15.9 Å². The largest absolute Gasteiger partial charge is 0.340 e. The molecule has 0 spiro atoms. The molecule has 2 N–H and O–H groups in total. The number of nitrogens with zero attached hydrogens (tertiary/aromatic N) is 1. The van der Waals surface area contributed by atoms with Gasteiger partial charge < -0.3 is 10.6 Å². The number of carbonyl (C=O) groups excluding carboxylic acids is 1. The number of piperidine rings is 1. The molecule has 6 heteroatoms. The predicted octanol–water partition coefficient (Wildman–Crippen LogP) is -0.487. The smallest absolute Gasteiger partial charge is 0.239 e. The topological polar surface area (TPSA) is 80.5 Å². The summed E-state index contributed by atoms with van der Waals surface area (Å²) in [5.74, 6) is 0.180. The summed E-state index contributed by atoms with van der Waals surface area (Å²) in [5, 5.41) is -0.359. The van der Waals surface area contributed by atoms with Crippen molar-refractivity contribution in [3.8, 4) is 0 Å². The molecule has 0 radical (unpaired) electrons. The highest BCUT2D eigenvalue weighted by atomic mass is 32.2. The van der Waals surface area contributed by atoms with Crippen LogP contribution in [0.25, 0.3) is 0 Å². The molecule has 0 saturated carbocycles. The fraction of sp³-hybridized carbons (Fsp3) is 0.900. The number of amides is 1. The maximum absolute atomic E-state index is 11.7. The third-order valence-electron chi connectivity index (χ3n) is 3.46. The molecule has 0 aliphatic carbocycles. The van der Waals surface area contributed by atoms with Gasteiger partial charge in [0.1, 0.15) is 0 Å². The lowest BCUT2D eigenvalue weighted by Crippen LogP contribution is -2.51. The van der Waals surface area contributed by atoms with Crippen molar-refractivity contribution < 1.29 is 13.2 Å². The molecule has 2 unspecified atom stereocenters. The van der Waals surface area contributed by atoms with Crippen LogP contribution in [0.2, 0.25) is 0 Å². The molecule has 1 amide bonds. The maximum Gasteiger partial charge on any atom is 0.239 e. The van der Waals surface area contributed by atoms with Crippen LogP contribution < -0.4 is 5.73 Å². The van der Waals surface area contributed by atoms with E-state index in [4.69, 9.17) is 5.73 Å². The standard InChI is InChI=1S/C10H18N2O3S/c11-9-4-1-5-12(10(9)13)7-8-3-2-6-16(8,14)15/h8-9H,1-7,11H2. The number of rotatable bonds is 2. The highest BCUT2D eigenvalue weighted by Gasteiger charge is 2.35. The summed E-state index contributed by atoms with van der Waals surface area (Å²) in [6.45, 7) is 0.993. The van der Waals surface area contributed by atoms with Gasteiger partial charge in [0.05, 0.1) is 17.0 Å². The van der Waals surface area contributed by atoms with Crippen molar-refractivity contribution in [1.82, 2.24) is 4.90 Å². The van der Waals surface area contributed by atoms with Crippen LogP contribution in [-0.2, 0) is 14.6 Å². The average molecular weight is 246 g/mol. The van der Waals surface area contributed by atoms with Gasteiger partial charge in [0.25, 0.3) is 0 Å². The molecule has 2 saturated heterocycles. The molecule has 16 heavy (non-hydrogen) atoms. The lowest BCUT2D eigenvalue weighted by Gasteiger charge is -2.32. The van der Waals surface area contributed by atoms with Crippen LogP contribution in [0, 0.1) is 0 Å². The summed E-state index contributed by atoms with van der Waals surface area (Å²) < 4.78 is 23.3. The quantitative estimate of drug-likeness (QED) is 0.713. The minimum Gasteiger partial charge on any atom is -0.340 e. The Labute approximate surface area is 95.9 Å². The lowest BCUT2D eigenvalue weighted by atomic mass is 10.1. The highest BCUT2D eigenvalue weighted by Crippen LogP contribution is 2.22. The molecule has 0 aromatic carbocycles. The molecule has 2 aliphatic heterocycles. The van der Waals surface area contributed by atoms with Gasteiger partial charge in [0.2, 0.25) is 5.91 Å². The van der Waals surface area contributed by atoms with Gasteiger partial charge >= 0.3 is 0 Å². The molecule has 5 nitrogen and oxygen atoms in total. The van der Waals surface area contributed by atoms with E-state index in [0.29, 0.717) is 25.9 Å². The van der Waals surface area contributed by atoms with Crippen molar-refractivity contribution in [2.45, 2.75) is 37.0 Å². The Balaban J connectivity index is 2.02. The Morgan fingerprint density at radius 2 is 2.06 bits per heavy atom. The molecule has 2 fully saturated rings. The van der Waals surface area contributed by atoms with Crippen LogP contribution in [-0.4, -0.2) is 49.4 Å². The molecular weight excluding hydrogens is 228 g/mol. The van der Waals surface area contributed by atoms with Crippen molar-refractivity contribution in [1.29, 1.82) is 0 Å². The molecule has 0 aromatic heterocycles. The second-order valence-corrected chi connectivity index (χ2v) is 7.06. The van der Waals surface area contributed by atoms with E-state index >= 15 is 0 Å². The van der Waals surface area contributed by atoms with Crippen molar-refractivity contribution in [3.63, 3.8) is 0 Å². The van der Waals surface area contributed by atoms with E-state index in [1.807, 2.05) is 0 Å². The van der Waals surface area contributed by atoms with Gasteiger partial charge in [-0.25, -0.2) is 8.42 Å². The van der Waals surface area contributed by atoms with Crippen LogP contribution in [0.4, 0.5) is 0 Å². The lowest BCUT2D eigenvalue weighted by molar-refractivity contribution is -0.134. The minimum atomic E-state index is -2.96. The van der Waals surface area contributed by atoms with Crippen molar-refractivity contribution in [3.05, 3.63) is 0 Å². The van der Waals surface area contributed by atoms with Gasteiger partial charge in [-0.15, -0.1) is 0 Å². The van der Waals surface area contributed by atoms with Crippen molar-refractivity contribution >= 4 is 15.7 Å². The van der Waals surface area contributed by atoms with Gasteiger partial charge in [0, 0.05) is 13.1 Å². The summed E-state index contributed by atoms with van der Waals surface area (Å²) in [6, 6.07) is -0.433. The Hall–Kier alpha value is -0.620. The summed E-state index contributed by atoms with van der Waals surface area (Å²) in [4.78, 5) is 13.4. The number of hydrogen-bond acceptors (Lipinski definition) is 4. The maximum atomic E-state index is 11.7. The Bertz CT molecular complexity index is 380. The molecule has 2 aliphatic rings. The van der Waals surface area contributed by atoms with Gasteiger partial charge in [-0.3, -0.25) is 4.79 Å². The van der Waals surface area contributed by atoms with Gasteiger partial charge in [-0.05, 0) is 25.7 Å². The minimum absolute atomic E-state index is 0.0895. The number of nitrogens with two attached hydrogens (primary N) is 1. The first-order valence-electron chi connectivity index (χ1n) is 5.76. The third kappa shape index (κ3) is 2.22. The first-order chi connectivity index (χ1) is 7.50. The molecule has 2 atom stereocenters. The van der Waals surface area contributed by atoms with Crippen LogP contribution in [0.15, 0.2) is 0 Å². The average Bonchev–Trinajstić information content (AvgIpc) is 2.54. The highest BCUT2D eigenvalue weighted by molar-refractivity contribution is 7.92. The Kier molecular flexibility index (Phi) is 3.21. The van der Waals surface area contributed by atoms with Gasteiger partial charge in [0.15, 0.2) is 9.84 Å². The normalized spacial score (nSPS) is 34.3. The summed E-state index contributed by atoms with van der Waals surface area (Å²) in [7, 11) is -2.96. The fourth-order valence-electron chi connectivity index (χ4n) is 2.46. The molecule has 0 bridgehead atoms. The summed E-state index contributed by atoms with van der Waals surface area (Å²) in [6.07, 6.45) is 2.99. The van der Waals surface area contributed by atoms with Crippen LogP contribution in [0.5, 0.6) is 0 Å². The first-order valence-corrected chi connectivity index (χ1v) is 7.48. The molecule has 92 valence electrons. The van der Waals surface area contributed by atoms with E-state index in [2.05, 4.69) is 0 Å². The van der Waals surface area contributed by atoms with Crippen LogP contribution in [0.3, 0.4) is 0 Å². The number of carbonyl (C=O) groups is 1. The second-order valence-electron chi connectivity index (χ2n) is 4.66. The monoisotopic (exact) mass is 246 g/mol. The van der Waals surface area contributed by atoms with Crippen LogP contribution >= 0.6 is 0 Å². The molecule has 2 rings (SSSR count). The Morgan fingerprint density at radius 1 is 1.31 bits per heavy atom. The third-order valence-corrected chi connectivity index (χ3v) is 5.72. The number of sulfone groups is 1. The van der Waals surface area contributed by atoms with E-state index in [0.717, 1.165) is 12.8 Å². The molecule has 0 aromatic rings. The van der Waals surface area contributed by atoms with E-state index in [9.17, 15) is 13.2 Å². The predicted molar refractivity (Wildman–Crippen MR) is 60.6 cm³/mol. The van der Waals surface area contributed by atoms with E-state index in [1.54, 1.807) is 4.90 Å². The van der Waals surface area contributed by atoms with Crippen molar-refractivity contribution in [2.24, 2.45) is 5.73 Å². The van der Waals surface area contributed by atoms with Gasteiger partial charge in [-0.2, -0.15) is 0 Å². The Morgan fingerprint density at radius 3 is 2.69 bits per heavy atom. The van der Waals surface area contributed by atoms with E-state index in [-0.39, 0.29) is 16.9 Å². The number of likely N-dealkylation sites (tertiary alicyclic amines) is 1. The number of hydrogen-bond donors (Lipinski definition) is 1. The molecular formula is C10H18N2O3S. The molecule has 2 heterocycles. The van der Waals surface area contributed by atoms with Crippen LogP contribution in [0.1, 0.15) is 25.7 Å². The van der Waals surface area contributed by atoms with Crippen molar-refractivity contribution in [2.75, 3.05) is 18.8 Å². The summed E-state index contributed by atoms with van der Waals surface area (Å²) in [5.41, 5.74) is 5.67. The van der Waals surface area contributed by atoms with E-state index in [1.165, 1.54) is 0 Å². The second kappa shape index (κ2) is 4.33. The zero-order valence-electron chi connectivity index (χ0n) is 9.26. The SMILES string of the molecule is NC1CCCN(CC2CCCS2(=O)=O)C1=O. The van der Waals surface area contributed by atoms with Gasteiger partial charge in [-0.1, -0.05) is 0 Å². The zero-order chi connectivity index (χ0) is 11.8. The fourth-order valence-corrected chi connectivity index (χ4v) is 4.30. The first kappa shape index (κ1) is 11.9.